The zero-order chi connectivity index (χ0) is 21.1. The third kappa shape index (κ3) is 4.19. The third-order valence-electron chi connectivity index (χ3n) is 5.62. The molecule has 1 amide bonds. The lowest BCUT2D eigenvalue weighted by atomic mass is 10.1. The van der Waals surface area contributed by atoms with Gasteiger partial charge in [0.15, 0.2) is 0 Å². The lowest BCUT2D eigenvalue weighted by Crippen LogP contribution is -2.24. The van der Waals surface area contributed by atoms with E-state index in [4.69, 9.17) is 9.72 Å². The monoisotopic (exact) mass is 406 g/mol. The number of carbonyl (C=O) groups excluding carboxylic acids is 1. The van der Waals surface area contributed by atoms with E-state index in [0.29, 0.717) is 19.6 Å². The highest BCUT2D eigenvalue weighted by Crippen LogP contribution is 2.34. The van der Waals surface area contributed by atoms with Gasteiger partial charge >= 0.3 is 0 Å². The normalized spacial score (nSPS) is 16.7. The van der Waals surface area contributed by atoms with Crippen LogP contribution in [0.2, 0.25) is 0 Å². The predicted octanol–water partition coefficient (Wildman–Crippen LogP) is 3.91. The van der Waals surface area contributed by atoms with E-state index in [2.05, 4.69) is 41.8 Å². The maximum absolute atomic E-state index is 12.8. The summed E-state index contributed by atoms with van der Waals surface area (Å²) in [5.74, 6) is 2.09. The van der Waals surface area contributed by atoms with Crippen molar-refractivity contribution in [2.45, 2.75) is 32.2 Å². The van der Waals surface area contributed by atoms with Crippen LogP contribution in [0.5, 0.6) is 5.75 Å². The van der Waals surface area contributed by atoms with Crippen molar-refractivity contribution >= 4 is 22.6 Å². The van der Waals surface area contributed by atoms with E-state index in [1.807, 2.05) is 42.2 Å². The molecule has 30 heavy (non-hydrogen) atoms. The first kappa shape index (κ1) is 20.4. The summed E-state index contributed by atoms with van der Waals surface area (Å²) < 4.78 is 7.84. The lowest BCUT2D eigenvalue weighted by molar-refractivity contribution is -0.117. The molecule has 1 saturated heterocycles. The highest BCUT2D eigenvalue weighted by Gasteiger charge is 2.34. The Kier molecular flexibility index (Phi) is 6.04. The van der Waals surface area contributed by atoms with Crippen LogP contribution in [0.3, 0.4) is 0 Å². The molecule has 1 aliphatic heterocycles. The Morgan fingerprint density at radius 2 is 1.90 bits per heavy atom. The smallest absolute Gasteiger partial charge is 0.227 e. The Morgan fingerprint density at radius 3 is 2.63 bits per heavy atom. The molecule has 158 valence electrons. The summed E-state index contributed by atoms with van der Waals surface area (Å²) in [5, 5.41) is 0. The van der Waals surface area contributed by atoms with Crippen LogP contribution in [-0.4, -0.2) is 54.1 Å². The number of amides is 1. The van der Waals surface area contributed by atoms with E-state index in [0.717, 1.165) is 47.8 Å². The molecular formula is C24H30N4O2. The summed E-state index contributed by atoms with van der Waals surface area (Å²) in [5.41, 5.74) is 3.07. The second kappa shape index (κ2) is 8.88. The molecule has 1 unspecified atom stereocenters. The van der Waals surface area contributed by atoms with Crippen LogP contribution in [0, 0.1) is 0 Å². The minimum absolute atomic E-state index is 0.0934. The summed E-state index contributed by atoms with van der Waals surface area (Å²) in [7, 11) is 4.19. The fourth-order valence-corrected chi connectivity index (χ4v) is 4.20. The lowest BCUT2D eigenvalue weighted by Gasteiger charge is -2.18. The van der Waals surface area contributed by atoms with Crippen LogP contribution in [0.25, 0.3) is 11.0 Å². The van der Waals surface area contributed by atoms with Gasteiger partial charge in [-0.3, -0.25) is 4.79 Å². The molecule has 0 bridgehead atoms. The molecule has 6 heteroatoms. The first-order valence-corrected chi connectivity index (χ1v) is 10.7. The van der Waals surface area contributed by atoms with E-state index < -0.39 is 0 Å². The summed E-state index contributed by atoms with van der Waals surface area (Å²) >= 11 is 0. The van der Waals surface area contributed by atoms with Crippen LogP contribution < -0.4 is 9.64 Å². The number of nitrogens with zero attached hydrogens (tertiary/aromatic N) is 4. The van der Waals surface area contributed by atoms with E-state index in [-0.39, 0.29) is 11.8 Å². The molecule has 1 atom stereocenters. The third-order valence-corrected chi connectivity index (χ3v) is 5.62. The van der Waals surface area contributed by atoms with E-state index in [1.54, 1.807) is 0 Å². The van der Waals surface area contributed by atoms with Crippen molar-refractivity contribution < 1.29 is 9.53 Å². The first-order valence-electron chi connectivity index (χ1n) is 10.7. The van der Waals surface area contributed by atoms with Gasteiger partial charge in [0.05, 0.1) is 17.6 Å². The van der Waals surface area contributed by atoms with Crippen LogP contribution in [0.1, 0.15) is 31.5 Å². The van der Waals surface area contributed by atoms with Crippen molar-refractivity contribution in [3.63, 3.8) is 0 Å². The molecule has 2 heterocycles. The fraction of sp³-hybridized carbons (Fsp3) is 0.417. The zero-order valence-corrected chi connectivity index (χ0v) is 18.0. The Labute approximate surface area is 178 Å². The first-order chi connectivity index (χ1) is 14.6. The minimum Gasteiger partial charge on any atom is -0.494 e. The van der Waals surface area contributed by atoms with Gasteiger partial charge in [-0.05, 0) is 70.4 Å². The molecule has 6 nitrogen and oxygen atoms in total. The van der Waals surface area contributed by atoms with Gasteiger partial charge < -0.3 is 19.1 Å². The number of aryl methyl sites for hydroxylation is 1. The van der Waals surface area contributed by atoms with E-state index in [1.165, 1.54) is 0 Å². The predicted molar refractivity (Wildman–Crippen MR) is 120 cm³/mol. The largest absolute Gasteiger partial charge is 0.494 e. The number of rotatable bonds is 8. The Balaban J connectivity index is 1.58. The van der Waals surface area contributed by atoms with Gasteiger partial charge in [0, 0.05) is 31.1 Å². The average Bonchev–Trinajstić information content (AvgIpc) is 3.29. The second-order valence-corrected chi connectivity index (χ2v) is 8.10. The van der Waals surface area contributed by atoms with Crippen molar-refractivity contribution in [3.05, 3.63) is 54.4 Å². The number of aromatic nitrogens is 2. The zero-order valence-electron chi connectivity index (χ0n) is 18.0. The van der Waals surface area contributed by atoms with Gasteiger partial charge in [0.1, 0.15) is 11.6 Å². The maximum Gasteiger partial charge on any atom is 0.227 e. The van der Waals surface area contributed by atoms with E-state index >= 15 is 0 Å². The van der Waals surface area contributed by atoms with Crippen LogP contribution in [-0.2, 0) is 11.3 Å². The number of imidazole rings is 1. The highest BCUT2D eigenvalue weighted by atomic mass is 16.5. The number of hydrogen-bond donors (Lipinski definition) is 0. The van der Waals surface area contributed by atoms with Gasteiger partial charge in [-0.2, -0.15) is 0 Å². The highest BCUT2D eigenvalue weighted by molar-refractivity contribution is 5.96. The molecule has 3 aromatic rings. The molecule has 0 saturated carbocycles. The molecule has 0 radical (unpaired) electrons. The summed E-state index contributed by atoms with van der Waals surface area (Å²) in [6.45, 7) is 5.18. The summed E-state index contributed by atoms with van der Waals surface area (Å²) in [4.78, 5) is 21.9. The molecule has 1 aliphatic rings. The molecule has 0 aliphatic carbocycles. The van der Waals surface area contributed by atoms with Crippen LogP contribution in [0.15, 0.2) is 48.5 Å². The molecule has 0 N–H and O–H groups in total. The number of ether oxygens (including phenoxy) is 1. The number of hydrogen-bond acceptors (Lipinski definition) is 4. The minimum atomic E-state index is 0.0934. The van der Waals surface area contributed by atoms with Crippen LogP contribution in [0.4, 0.5) is 5.69 Å². The van der Waals surface area contributed by atoms with Gasteiger partial charge in [0.2, 0.25) is 5.91 Å². The number of fused-ring (bicyclic) bond motifs is 1. The van der Waals surface area contributed by atoms with Crippen molar-refractivity contribution in [2.75, 3.05) is 38.7 Å². The van der Waals surface area contributed by atoms with E-state index in [9.17, 15) is 4.79 Å². The molecule has 2 aromatic carbocycles. The SMILES string of the molecule is CCOc1ccc(N2CC(c3nc4ccccc4n3CCCN(C)C)CC2=O)cc1. The quantitative estimate of drug-likeness (QED) is 0.569. The Bertz CT molecular complexity index is 1010. The number of para-hydroxylation sites is 2. The average molecular weight is 407 g/mol. The molecule has 1 aromatic heterocycles. The van der Waals surface area contributed by atoms with Crippen molar-refractivity contribution in [1.29, 1.82) is 0 Å². The van der Waals surface area contributed by atoms with Crippen LogP contribution >= 0.6 is 0 Å². The summed E-state index contributed by atoms with van der Waals surface area (Å²) in [6.07, 6.45) is 1.54. The molecule has 4 rings (SSSR count). The molecule has 0 spiro atoms. The Morgan fingerprint density at radius 1 is 1.13 bits per heavy atom. The van der Waals surface area contributed by atoms with Gasteiger partial charge in [-0.1, -0.05) is 12.1 Å². The van der Waals surface area contributed by atoms with Crippen molar-refractivity contribution in [1.82, 2.24) is 14.5 Å². The second-order valence-electron chi connectivity index (χ2n) is 8.10. The van der Waals surface area contributed by atoms with Gasteiger partial charge in [-0.25, -0.2) is 4.98 Å². The van der Waals surface area contributed by atoms with Gasteiger partial charge in [-0.15, -0.1) is 0 Å². The molecule has 1 fully saturated rings. The summed E-state index contributed by atoms with van der Waals surface area (Å²) in [6, 6.07) is 16.0. The van der Waals surface area contributed by atoms with Gasteiger partial charge in [0.25, 0.3) is 0 Å². The molecular weight excluding hydrogens is 376 g/mol. The fourth-order valence-electron chi connectivity index (χ4n) is 4.20. The Hall–Kier alpha value is -2.86. The number of benzene rings is 2. The van der Waals surface area contributed by atoms with Crippen molar-refractivity contribution in [2.24, 2.45) is 0 Å². The van der Waals surface area contributed by atoms with Crippen molar-refractivity contribution in [3.8, 4) is 5.75 Å². The number of carbonyl (C=O) groups is 1. The topological polar surface area (TPSA) is 50.6 Å². The maximum atomic E-state index is 12.8. The number of anilines is 1. The standard InChI is InChI=1S/C24H30N4O2/c1-4-30-20-12-10-19(11-13-20)28-17-18(16-23(28)29)24-25-21-8-5-6-9-22(21)27(24)15-7-14-26(2)3/h5-6,8-13,18H,4,7,14-17H2,1-3H3.